The second-order valence-corrected chi connectivity index (χ2v) is 5.61. The smallest absolute Gasteiger partial charge is 0.264 e. The Morgan fingerprint density at radius 1 is 1.12 bits per heavy atom. The third-order valence-corrected chi connectivity index (χ3v) is 3.62. The molecular weight excluding hydrogens is 339 g/mol. The van der Waals surface area contributed by atoms with Crippen LogP contribution in [0.25, 0.3) is 0 Å². The van der Waals surface area contributed by atoms with Gasteiger partial charge < -0.3 is 15.4 Å². The van der Waals surface area contributed by atoms with Gasteiger partial charge in [-0.1, -0.05) is 12.1 Å². The molecule has 0 atom stereocenters. The van der Waals surface area contributed by atoms with E-state index in [1.165, 1.54) is 36.1 Å². The maximum absolute atomic E-state index is 13.1. The van der Waals surface area contributed by atoms with Gasteiger partial charge in [0.1, 0.15) is 11.6 Å². The molecule has 0 heterocycles. The summed E-state index contributed by atoms with van der Waals surface area (Å²) in [5.41, 5.74) is 6.05. The predicted molar refractivity (Wildman–Crippen MR) is 94.5 cm³/mol. The van der Waals surface area contributed by atoms with Gasteiger partial charge in [-0.3, -0.25) is 14.4 Å². The third kappa shape index (κ3) is 5.41. The number of anilines is 1. The number of Topliss-reactive ketones (excluding diaryl/α,β-unsaturated/α-hetero) is 1. The number of benzene rings is 2. The molecule has 0 radical (unpaired) electrons. The fraction of sp³-hybridized carbons (Fsp3) is 0.211. The first-order chi connectivity index (χ1) is 12.4. The number of nitrogens with two attached hydrogens (primary N) is 1. The van der Waals surface area contributed by atoms with Crippen molar-refractivity contribution < 1.29 is 23.5 Å². The van der Waals surface area contributed by atoms with E-state index >= 15 is 0 Å². The van der Waals surface area contributed by atoms with E-state index in [2.05, 4.69) is 0 Å². The monoisotopic (exact) mass is 358 g/mol. The van der Waals surface area contributed by atoms with Crippen molar-refractivity contribution in [3.8, 4) is 5.75 Å². The van der Waals surface area contributed by atoms with Crippen LogP contribution in [0.15, 0.2) is 48.5 Å². The Morgan fingerprint density at radius 3 is 2.42 bits per heavy atom. The van der Waals surface area contributed by atoms with Gasteiger partial charge in [-0.15, -0.1) is 0 Å². The van der Waals surface area contributed by atoms with Crippen molar-refractivity contribution in [1.29, 1.82) is 0 Å². The number of ketones is 1. The summed E-state index contributed by atoms with van der Waals surface area (Å²) in [5, 5.41) is 0. The lowest BCUT2D eigenvalue weighted by molar-refractivity contribution is -0.120. The zero-order valence-corrected chi connectivity index (χ0v) is 14.3. The summed E-state index contributed by atoms with van der Waals surface area (Å²) in [7, 11) is 0. The average molecular weight is 358 g/mol. The van der Waals surface area contributed by atoms with Crippen LogP contribution in [-0.4, -0.2) is 30.7 Å². The van der Waals surface area contributed by atoms with Crippen molar-refractivity contribution in [3.63, 3.8) is 0 Å². The number of primary amides is 1. The van der Waals surface area contributed by atoms with Crippen LogP contribution in [0.4, 0.5) is 10.1 Å². The van der Waals surface area contributed by atoms with Crippen LogP contribution >= 0.6 is 0 Å². The van der Waals surface area contributed by atoms with Crippen LogP contribution in [0.5, 0.6) is 5.75 Å². The lowest BCUT2D eigenvalue weighted by Gasteiger charge is -2.22. The average Bonchev–Trinajstić information content (AvgIpc) is 2.61. The number of carbonyl (C=O) groups is 3. The van der Waals surface area contributed by atoms with Gasteiger partial charge in [0.05, 0.1) is 0 Å². The number of amides is 2. The molecule has 2 rings (SSSR count). The lowest BCUT2D eigenvalue weighted by Crippen LogP contribution is -2.37. The van der Waals surface area contributed by atoms with Crippen LogP contribution in [0.2, 0.25) is 0 Å². The summed E-state index contributed by atoms with van der Waals surface area (Å²) < 4.78 is 18.6. The first-order valence-corrected chi connectivity index (χ1v) is 7.95. The largest absolute Gasteiger partial charge is 0.484 e. The minimum absolute atomic E-state index is 0.0388. The minimum Gasteiger partial charge on any atom is -0.484 e. The van der Waals surface area contributed by atoms with Crippen LogP contribution in [0.1, 0.15) is 23.7 Å². The Labute approximate surface area is 150 Å². The molecule has 2 aromatic carbocycles. The Morgan fingerprint density at radius 2 is 1.81 bits per heavy atom. The van der Waals surface area contributed by atoms with Crippen molar-refractivity contribution in [1.82, 2.24) is 0 Å². The number of rotatable bonds is 8. The Kier molecular flexibility index (Phi) is 6.43. The molecule has 0 aliphatic rings. The van der Waals surface area contributed by atoms with Crippen LogP contribution in [0.3, 0.4) is 0 Å². The first-order valence-electron chi connectivity index (χ1n) is 7.95. The van der Waals surface area contributed by atoms with E-state index in [4.69, 9.17) is 10.5 Å². The second-order valence-electron chi connectivity index (χ2n) is 5.61. The van der Waals surface area contributed by atoms with E-state index in [1.807, 2.05) is 0 Å². The molecule has 0 saturated heterocycles. The summed E-state index contributed by atoms with van der Waals surface area (Å²) in [6, 6.07) is 11.8. The van der Waals surface area contributed by atoms with E-state index in [9.17, 15) is 18.8 Å². The van der Waals surface area contributed by atoms with Gasteiger partial charge in [-0.05, 0) is 43.3 Å². The molecule has 0 aliphatic heterocycles. The zero-order valence-electron chi connectivity index (χ0n) is 14.3. The highest BCUT2D eigenvalue weighted by molar-refractivity contribution is 5.95. The molecule has 2 aromatic rings. The molecule has 0 spiro atoms. The van der Waals surface area contributed by atoms with Crippen molar-refractivity contribution >= 4 is 23.3 Å². The molecule has 0 saturated carbocycles. The van der Waals surface area contributed by atoms with Crippen LogP contribution in [-0.2, 0) is 9.59 Å². The topological polar surface area (TPSA) is 89.7 Å². The molecular formula is C19H19FN2O4. The Hall–Kier alpha value is -3.22. The standard InChI is InChI=1S/C19H19FN2O4/c1-13(23)14-3-2-4-17(11-14)26-12-19(25)22(10-9-18(21)24)16-7-5-15(20)6-8-16/h2-8,11H,9-10,12H2,1H3,(H2,21,24). The molecule has 26 heavy (non-hydrogen) atoms. The van der Waals surface area contributed by atoms with Crippen molar-refractivity contribution in [2.24, 2.45) is 5.73 Å². The summed E-state index contributed by atoms with van der Waals surface area (Å²) in [6.07, 6.45) is -0.0388. The van der Waals surface area contributed by atoms with Gasteiger partial charge in [0.25, 0.3) is 5.91 Å². The number of hydrogen-bond acceptors (Lipinski definition) is 4. The van der Waals surface area contributed by atoms with Gasteiger partial charge in [-0.2, -0.15) is 0 Å². The molecule has 2 amide bonds. The molecule has 0 fully saturated rings. The number of halogens is 1. The van der Waals surface area contributed by atoms with E-state index in [0.717, 1.165) is 0 Å². The number of ether oxygens (including phenoxy) is 1. The molecule has 0 unspecified atom stereocenters. The zero-order chi connectivity index (χ0) is 19.1. The molecule has 2 N–H and O–H groups in total. The summed E-state index contributed by atoms with van der Waals surface area (Å²) in [5.74, 6) is -1.16. The molecule has 0 bridgehead atoms. The molecule has 6 nitrogen and oxygen atoms in total. The van der Waals surface area contributed by atoms with E-state index < -0.39 is 17.6 Å². The molecule has 7 heteroatoms. The van der Waals surface area contributed by atoms with Gasteiger partial charge in [0, 0.05) is 24.2 Å². The second kappa shape index (κ2) is 8.75. The van der Waals surface area contributed by atoms with E-state index in [-0.39, 0.29) is 25.4 Å². The fourth-order valence-electron chi connectivity index (χ4n) is 2.27. The third-order valence-electron chi connectivity index (χ3n) is 3.62. The van der Waals surface area contributed by atoms with Gasteiger partial charge in [0.15, 0.2) is 12.4 Å². The van der Waals surface area contributed by atoms with Crippen molar-refractivity contribution in [3.05, 3.63) is 59.9 Å². The number of carbonyl (C=O) groups excluding carboxylic acids is 3. The van der Waals surface area contributed by atoms with Crippen molar-refractivity contribution in [2.75, 3.05) is 18.1 Å². The highest BCUT2D eigenvalue weighted by Gasteiger charge is 2.17. The molecule has 0 aromatic heterocycles. The summed E-state index contributed by atoms with van der Waals surface area (Å²) >= 11 is 0. The molecule has 136 valence electrons. The van der Waals surface area contributed by atoms with Gasteiger partial charge >= 0.3 is 0 Å². The first kappa shape index (κ1) is 19.1. The SMILES string of the molecule is CC(=O)c1cccc(OCC(=O)N(CCC(N)=O)c2ccc(F)cc2)c1. The maximum Gasteiger partial charge on any atom is 0.264 e. The van der Waals surface area contributed by atoms with Crippen LogP contribution < -0.4 is 15.4 Å². The van der Waals surface area contributed by atoms with Gasteiger partial charge in [-0.25, -0.2) is 4.39 Å². The predicted octanol–water partition coefficient (Wildman–Crippen LogP) is 2.32. The van der Waals surface area contributed by atoms with Gasteiger partial charge in [0.2, 0.25) is 5.91 Å². The molecule has 0 aliphatic carbocycles. The van der Waals surface area contributed by atoms with Crippen molar-refractivity contribution in [2.45, 2.75) is 13.3 Å². The van der Waals surface area contributed by atoms with Crippen LogP contribution in [0, 0.1) is 5.82 Å². The minimum atomic E-state index is -0.556. The van der Waals surface area contributed by atoms with E-state index in [1.54, 1.807) is 24.3 Å². The highest BCUT2D eigenvalue weighted by Crippen LogP contribution is 2.17. The normalized spacial score (nSPS) is 10.2. The number of nitrogens with zero attached hydrogens (tertiary/aromatic N) is 1. The quantitative estimate of drug-likeness (QED) is 0.733. The summed E-state index contributed by atoms with van der Waals surface area (Å²) in [6.45, 7) is 1.18. The maximum atomic E-state index is 13.1. The fourth-order valence-corrected chi connectivity index (χ4v) is 2.27. The Balaban J connectivity index is 2.10. The lowest BCUT2D eigenvalue weighted by atomic mass is 10.1. The Bertz CT molecular complexity index is 805. The number of hydrogen-bond donors (Lipinski definition) is 1. The highest BCUT2D eigenvalue weighted by atomic mass is 19.1. The summed E-state index contributed by atoms with van der Waals surface area (Å²) in [4.78, 5) is 36.3. The van der Waals surface area contributed by atoms with E-state index in [0.29, 0.717) is 17.0 Å².